The Morgan fingerprint density at radius 3 is 2.40 bits per heavy atom. The molecule has 0 bridgehead atoms. The summed E-state index contributed by atoms with van der Waals surface area (Å²) < 4.78 is 42.8. The number of rotatable bonds is 2. The summed E-state index contributed by atoms with van der Waals surface area (Å²) in [5.41, 5.74) is 1.73. The van der Waals surface area contributed by atoms with Crippen molar-refractivity contribution in [2.75, 3.05) is 5.32 Å². The van der Waals surface area contributed by atoms with Gasteiger partial charge in [-0.25, -0.2) is 17.9 Å². The highest BCUT2D eigenvalue weighted by Gasteiger charge is 2.43. The molecule has 2 heterocycles. The van der Waals surface area contributed by atoms with Crippen molar-refractivity contribution in [3.63, 3.8) is 0 Å². The van der Waals surface area contributed by atoms with Crippen molar-refractivity contribution in [3.05, 3.63) is 88.6 Å². The molecule has 1 aliphatic carbocycles. The van der Waals surface area contributed by atoms with E-state index in [1.807, 2.05) is 6.08 Å². The maximum atomic E-state index is 14.0. The van der Waals surface area contributed by atoms with Gasteiger partial charge in [-0.3, -0.25) is 4.79 Å². The summed E-state index contributed by atoms with van der Waals surface area (Å²) in [4.78, 5) is 17.6. The molecule has 5 nitrogen and oxygen atoms in total. The van der Waals surface area contributed by atoms with Gasteiger partial charge in [-0.05, 0) is 42.3 Å². The van der Waals surface area contributed by atoms with Crippen molar-refractivity contribution in [2.24, 2.45) is 5.92 Å². The molecule has 0 saturated carbocycles. The second kappa shape index (κ2) is 6.83. The van der Waals surface area contributed by atoms with E-state index in [-0.39, 0.29) is 23.9 Å². The smallest absolute Gasteiger partial charge is 0.226 e. The first kappa shape index (κ1) is 18.6. The number of benzene rings is 2. The molecule has 0 radical (unpaired) electrons. The highest BCUT2D eigenvalue weighted by Crippen LogP contribution is 2.44. The van der Waals surface area contributed by atoms with Crippen LogP contribution in [0.3, 0.4) is 0 Å². The van der Waals surface area contributed by atoms with Crippen LogP contribution in [0, 0.1) is 30.3 Å². The lowest BCUT2D eigenvalue weighted by molar-refractivity contribution is -0.123. The Morgan fingerprint density at radius 2 is 1.70 bits per heavy atom. The second-order valence-electron chi connectivity index (χ2n) is 7.63. The Morgan fingerprint density at radius 1 is 1.00 bits per heavy atom. The van der Waals surface area contributed by atoms with Crippen LogP contribution in [0.25, 0.3) is 0 Å². The fraction of sp³-hybridized carbons (Fsp3) is 0.227. The van der Waals surface area contributed by atoms with Gasteiger partial charge in [-0.2, -0.15) is 10.1 Å². The van der Waals surface area contributed by atoms with E-state index < -0.39 is 23.6 Å². The number of allylic oxidation sites excluding steroid dienone is 2. The van der Waals surface area contributed by atoms with Crippen LogP contribution in [0.4, 0.5) is 19.1 Å². The molecule has 0 spiro atoms. The van der Waals surface area contributed by atoms with Gasteiger partial charge in [0.15, 0.2) is 0 Å². The van der Waals surface area contributed by atoms with Crippen molar-refractivity contribution in [1.29, 1.82) is 0 Å². The number of nitrogens with zero attached hydrogens (tertiary/aromatic N) is 3. The fourth-order valence-corrected chi connectivity index (χ4v) is 4.35. The van der Waals surface area contributed by atoms with Gasteiger partial charge in [0.25, 0.3) is 0 Å². The number of Topliss-reactive ketones (excluding diaryl/α,β-unsaturated/α-hetero) is 1. The average molecular weight is 410 g/mol. The van der Waals surface area contributed by atoms with E-state index in [1.165, 1.54) is 28.9 Å². The number of fused-ring (bicyclic) bond motifs is 2. The maximum absolute atomic E-state index is 14.0. The molecule has 30 heavy (non-hydrogen) atoms. The van der Waals surface area contributed by atoms with Crippen molar-refractivity contribution < 1.29 is 18.0 Å². The Bertz CT molecular complexity index is 1170. The van der Waals surface area contributed by atoms with Gasteiger partial charge in [0.2, 0.25) is 5.95 Å². The van der Waals surface area contributed by atoms with Gasteiger partial charge >= 0.3 is 0 Å². The molecule has 0 unspecified atom stereocenters. The Hall–Kier alpha value is -3.42. The predicted molar refractivity (Wildman–Crippen MR) is 103 cm³/mol. The highest BCUT2D eigenvalue weighted by atomic mass is 19.1. The maximum Gasteiger partial charge on any atom is 0.226 e. The molecule has 2 aliphatic rings. The first-order valence-corrected chi connectivity index (χ1v) is 9.55. The summed E-state index contributed by atoms with van der Waals surface area (Å²) in [7, 11) is 0. The first-order chi connectivity index (χ1) is 14.4. The normalized spacial score (nSPS) is 22.7. The number of halogens is 3. The van der Waals surface area contributed by atoms with Crippen molar-refractivity contribution in [3.8, 4) is 0 Å². The number of hydrogen-bond acceptors (Lipinski definition) is 4. The Balaban J connectivity index is 1.64. The van der Waals surface area contributed by atoms with Gasteiger partial charge in [-0.15, -0.1) is 0 Å². The van der Waals surface area contributed by atoms with Crippen molar-refractivity contribution >= 4 is 11.7 Å². The highest BCUT2D eigenvalue weighted by molar-refractivity contribution is 5.88. The third kappa shape index (κ3) is 3.08. The van der Waals surface area contributed by atoms with E-state index in [0.717, 1.165) is 11.6 Å². The quantitative estimate of drug-likeness (QED) is 0.685. The van der Waals surface area contributed by atoms with Crippen LogP contribution in [0.15, 0.2) is 54.2 Å². The van der Waals surface area contributed by atoms with Gasteiger partial charge in [0.05, 0.1) is 12.0 Å². The Labute approximate surface area is 170 Å². The van der Waals surface area contributed by atoms with Crippen LogP contribution in [-0.4, -0.2) is 20.5 Å². The minimum atomic E-state index is -0.722. The Kier molecular flexibility index (Phi) is 4.23. The van der Waals surface area contributed by atoms with Crippen LogP contribution in [0.1, 0.15) is 35.3 Å². The minimum absolute atomic E-state index is 0.0946. The number of carbonyl (C=O) groups excluding carboxylic acids is 1. The zero-order chi connectivity index (χ0) is 21.0. The third-order valence-electron chi connectivity index (χ3n) is 5.58. The molecule has 0 fully saturated rings. The first-order valence-electron chi connectivity index (χ1n) is 9.55. The molecule has 3 atom stereocenters. The predicted octanol–water partition coefficient (Wildman–Crippen LogP) is 4.28. The largest absolute Gasteiger partial charge is 0.328 e. The van der Waals surface area contributed by atoms with E-state index >= 15 is 0 Å². The SMILES string of the molecule is Cc1nc2n(n1)[C@H](c1cc(F)cc(F)c1)[C@H]1C(=O)C[C@@H](c3ccc(F)cc3)C=C1N2. The number of aryl methyl sites for hydroxylation is 1. The molecule has 152 valence electrons. The fourth-order valence-electron chi connectivity index (χ4n) is 4.35. The molecule has 1 N–H and O–H groups in total. The molecular weight excluding hydrogens is 393 g/mol. The molecular formula is C22H17F3N4O. The third-order valence-corrected chi connectivity index (χ3v) is 5.58. The van der Waals surface area contributed by atoms with Crippen LogP contribution < -0.4 is 5.32 Å². The summed E-state index contributed by atoms with van der Waals surface area (Å²) >= 11 is 0. The molecule has 8 heteroatoms. The standard InChI is InChI=1S/C22H17F3N4O/c1-11-26-22-27-18-8-13(12-2-4-15(23)5-3-12)9-19(30)20(18)21(29(22)28-11)14-6-16(24)10-17(25)7-14/h2-8,10,13,20-21H,9H2,1H3,(H,26,27,28)/t13-,20+,21+/m0/s1. The van der Waals surface area contributed by atoms with E-state index in [2.05, 4.69) is 15.4 Å². The summed E-state index contributed by atoms with van der Waals surface area (Å²) in [6.45, 7) is 1.71. The summed E-state index contributed by atoms with van der Waals surface area (Å²) in [5, 5.41) is 7.52. The summed E-state index contributed by atoms with van der Waals surface area (Å²) in [6.07, 6.45) is 2.11. The minimum Gasteiger partial charge on any atom is -0.328 e. The van der Waals surface area contributed by atoms with Crippen molar-refractivity contribution in [2.45, 2.75) is 25.3 Å². The van der Waals surface area contributed by atoms with Gasteiger partial charge < -0.3 is 5.32 Å². The molecule has 1 aromatic heterocycles. The number of hydrogen-bond donors (Lipinski definition) is 1. The lowest BCUT2D eigenvalue weighted by Gasteiger charge is -2.38. The van der Waals surface area contributed by atoms with E-state index in [1.54, 1.807) is 19.1 Å². The van der Waals surface area contributed by atoms with Gasteiger partial charge in [0, 0.05) is 24.1 Å². The zero-order valence-electron chi connectivity index (χ0n) is 15.9. The van der Waals surface area contributed by atoms with Crippen LogP contribution in [-0.2, 0) is 4.79 Å². The lowest BCUT2D eigenvalue weighted by Crippen LogP contribution is -2.40. The van der Waals surface area contributed by atoms with E-state index in [9.17, 15) is 18.0 Å². The van der Waals surface area contributed by atoms with Crippen LogP contribution >= 0.6 is 0 Å². The number of carbonyl (C=O) groups is 1. The number of nitrogens with one attached hydrogen (secondary N) is 1. The van der Waals surface area contributed by atoms with Crippen LogP contribution in [0.5, 0.6) is 0 Å². The summed E-state index contributed by atoms with van der Waals surface area (Å²) in [6, 6.07) is 8.53. The average Bonchev–Trinajstić information content (AvgIpc) is 3.05. The molecule has 0 saturated heterocycles. The molecule has 3 aromatic rings. The van der Waals surface area contributed by atoms with E-state index in [0.29, 0.717) is 23.0 Å². The zero-order valence-corrected chi connectivity index (χ0v) is 15.9. The van der Waals surface area contributed by atoms with Gasteiger partial charge in [-0.1, -0.05) is 18.2 Å². The molecule has 0 amide bonds. The van der Waals surface area contributed by atoms with Crippen molar-refractivity contribution in [1.82, 2.24) is 14.8 Å². The second-order valence-corrected chi connectivity index (χ2v) is 7.63. The number of ketones is 1. The topological polar surface area (TPSA) is 59.8 Å². The van der Waals surface area contributed by atoms with Gasteiger partial charge in [0.1, 0.15) is 29.1 Å². The van der Waals surface area contributed by atoms with E-state index in [4.69, 9.17) is 0 Å². The molecule has 2 aromatic carbocycles. The number of anilines is 1. The van der Waals surface area contributed by atoms with Crippen LogP contribution in [0.2, 0.25) is 0 Å². The lowest BCUT2D eigenvalue weighted by atomic mass is 9.75. The monoisotopic (exact) mass is 410 g/mol. The molecule has 1 aliphatic heterocycles. The number of aromatic nitrogens is 3. The molecule has 5 rings (SSSR count). The summed E-state index contributed by atoms with van der Waals surface area (Å²) in [5.74, 6) is -1.94.